The number of aromatic nitrogens is 4. The third-order valence-corrected chi connectivity index (χ3v) is 3.62. The van der Waals surface area contributed by atoms with E-state index in [1.54, 1.807) is 0 Å². The Kier molecular flexibility index (Phi) is 3.12. The predicted molar refractivity (Wildman–Crippen MR) is 84.8 cm³/mol. The normalized spacial score (nSPS) is 11.1. The third-order valence-electron chi connectivity index (χ3n) is 3.62. The molecule has 0 aromatic carbocycles. The molecule has 3 heterocycles. The van der Waals surface area contributed by atoms with Crippen LogP contribution < -0.4 is 4.90 Å². The highest BCUT2D eigenvalue weighted by atomic mass is 15.2. The van der Waals surface area contributed by atoms with E-state index in [1.807, 2.05) is 55.8 Å². The fourth-order valence-corrected chi connectivity index (χ4v) is 2.49. The van der Waals surface area contributed by atoms with Crippen molar-refractivity contribution in [1.29, 1.82) is 0 Å². The van der Waals surface area contributed by atoms with Gasteiger partial charge in [0.1, 0.15) is 5.82 Å². The summed E-state index contributed by atoms with van der Waals surface area (Å²) in [5.41, 5.74) is 6.17. The minimum atomic E-state index is 0.884. The van der Waals surface area contributed by atoms with Gasteiger partial charge in [0.15, 0.2) is 5.65 Å². The van der Waals surface area contributed by atoms with E-state index in [1.165, 1.54) is 5.56 Å². The van der Waals surface area contributed by atoms with Gasteiger partial charge < -0.3 is 4.90 Å². The molecule has 0 atom stereocenters. The van der Waals surface area contributed by atoms with Gasteiger partial charge in [-0.15, -0.1) is 0 Å². The summed E-state index contributed by atoms with van der Waals surface area (Å²) in [4.78, 5) is 11.2. The summed E-state index contributed by atoms with van der Waals surface area (Å²) in [5, 5.41) is 4.55. The Labute approximate surface area is 124 Å². The van der Waals surface area contributed by atoms with E-state index in [-0.39, 0.29) is 0 Å². The van der Waals surface area contributed by atoms with Crippen molar-refractivity contribution >= 4 is 11.5 Å². The average Bonchev–Trinajstić information content (AvgIpc) is 2.74. The average molecular weight is 281 g/mol. The number of pyridine rings is 1. The minimum Gasteiger partial charge on any atom is -0.363 e. The second-order valence-corrected chi connectivity index (χ2v) is 5.55. The van der Waals surface area contributed by atoms with Crippen molar-refractivity contribution in [2.75, 3.05) is 19.0 Å². The van der Waals surface area contributed by atoms with Crippen molar-refractivity contribution in [2.45, 2.75) is 20.8 Å². The van der Waals surface area contributed by atoms with E-state index in [0.29, 0.717) is 0 Å². The fourth-order valence-electron chi connectivity index (χ4n) is 2.49. The van der Waals surface area contributed by atoms with E-state index < -0.39 is 0 Å². The lowest BCUT2D eigenvalue weighted by Crippen LogP contribution is -2.10. The number of anilines is 1. The zero-order valence-electron chi connectivity index (χ0n) is 13.0. The van der Waals surface area contributed by atoms with Gasteiger partial charge in [-0.1, -0.05) is 0 Å². The van der Waals surface area contributed by atoms with Crippen LogP contribution in [-0.4, -0.2) is 33.7 Å². The molecule has 0 radical (unpaired) electrons. The minimum absolute atomic E-state index is 0.884. The highest BCUT2D eigenvalue weighted by Gasteiger charge is 2.16. The van der Waals surface area contributed by atoms with Crippen LogP contribution in [0.2, 0.25) is 0 Å². The molecule has 5 heteroatoms. The van der Waals surface area contributed by atoms with E-state index >= 15 is 0 Å². The topological polar surface area (TPSA) is 46.3 Å². The highest BCUT2D eigenvalue weighted by Crippen LogP contribution is 2.30. The molecular weight excluding hydrogens is 262 g/mol. The van der Waals surface area contributed by atoms with Crippen LogP contribution in [0.1, 0.15) is 17.0 Å². The van der Waals surface area contributed by atoms with Gasteiger partial charge in [-0.2, -0.15) is 5.10 Å². The van der Waals surface area contributed by atoms with Gasteiger partial charge in [-0.25, -0.2) is 14.5 Å². The standard InChI is InChI=1S/C16H19N5/c1-10-8-14(20(4)5)17-9-13(10)15-12(3)19-21-7-6-11(2)18-16(15)21/h6-9H,1-5H3. The highest BCUT2D eigenvalue weighted by molar-refractivity contribution is 5.81. The Morgan fingerprint density at radius 1 is 1.14 bits per heavy atom. The zero-order valence-corrected chi connectivity index (χ0v) is 13.0. The van der Waals surface area contributed by atoms with Crippen molar-refractivity contribution in [1.82, 2.24) is 19.6 Å². The molecule has 3 rings (SSSR count). The van der Waals surface area contributed by atoms with Gasteiger partial charge in [-0.3, -0.25) is 0 Å². The maximum absolute atomic E-state index is 4.63. The Morgan fingerprint density at radius 2 is 1.90 bits per heavy atom. The monoisotopic (exact) mass is 281 g/mol. The van der Waals surface area contributed by atoms with Crippen molar-refractivity contribution in [2.24, 2.45) is 0 Å². The first-order chi connectivity index (χ1) is 9.97. The number of rotatable bonds is 2. The number of hydrogen-bond acceptors (Lipinski definition) is 4. The van der Waals surface area contributed by atoms with Crippen LogP contribution >= 0.6 is 0 Å². The van der Waals surface area contributed by atoms with Gasteiger partial charge in [0.25, 0.3) is 0 Å². The van der Waals surface area contributed by atoms with Crippen LogP contribution in [0.4, 0.5) is 5.82 Å². The molecule has 5 nitrogen and oxygen atoms in total. The predicted octanol–water partition coefficient (Wildman–Crippen LogP) is 2.78. The smallest absolute Gasteiger partial charge is 0.163 e. The van der Waals surface area contributed by atoms with Gasteiger partial charge in [0.05, 0.1) is 11.3 Å². The number of hydrogen-bond donors (Lipinski definition) is 0. The number of fused-ring (bicyclic) bond motifs is 1. The molecule has 0 N–H and O–H groups in total. The maximum atomic E-state index is 4.63. The SMILES string of the molecule is Cc1ccn2nc(C)c(-c3cnc(N(C)C)cc3C)c2n1. The molecule has 3 aromatic heterocycles. The molecule has 0 bridgehead atoms. The lowest BCUT2D eigenvalue weighted by atomic mass is 10.0. The molecule has 0 spiro atoms. The molecule has 0 fully saturated rings. The number of nitrogens with zero attached hydrogens (tertiary/aromatic N) is 5. The molecule has 0 amide bonds. The quantitative estimate of drug-likeness (QED) is 0.724. The molecule has 108 valence electrons. The van der Waals surface area contributed by atoms with E-state index in [0.717, 1.165) is 34.0 Å². The van der Waals surface area contributed by atoms with Crippen LogP contribution in [0, 0.1) is 20.8 Å². The zero-order chi connectivity index (χ0) is 15.1. The summed E-state index contributed by atoms with van der Waals surface area (Å²) >= 11 is 0. The van der Waals surface area contributed by atoms with Crippen LogP contribution in [-0.2, 0) is 0 Å². The lowest BCUT2D eigenvalue weighted by molar-refractivity contribution is 0.909. The Hall–Kier alpha value is -2.43. The second-order valence-electron chi connectivity index (χ2n) is 5.55. The molecule has 0 unspecified atom stereocenters. The van der Waals surface area contributed by atoms with Gasteiger partial charge >= 0.3 is 0 Å². The summed E-state index contributed by atoms with van der Waals surface area (Å²) in [6, 6.07) is 4.05. The van der Waals surface area contributed by atoms with Crippen molar-refractivity contribution < 1.29 is 0 Å². The third kappa shape index (κ3) is 2.24. The fraction of sp³-hybridized carbons (Fsp3) is 0.312. The second kappa shape index (κ2) is 4.84. The first-order valence-corrected chi connectivity index (χ1v) is 6.94. The lowest BCUT2D eigenvalue weighted by Gasteiger charge is -2.13. The van der Waals surface area contributed by atoms with Crippen molar-refractivity contribution in [3.63, 3.8) is 0 Å². The maximum Gasteiger partial charge on any atom is 0.163 e. The molecule has 0 aliphatic rings. The summed E-state index contributed by atoms with van der Waals surface area (Å²) in [5.74, 6) is 0.953. The van der Waals surface area contributed by atoms with Crippen LogP contribution in [0.15, 0.2) is 24.5 Å². The van der Waals surface area contributed by atoms with Gasteiger partial charge in [0.2, 0.25) is 0 Å². The Bertz CT molecular complexity index is 817. The van der Waals surface area contributed by atoms with E-state index in [4.69, 9.17) is 0 Å². The molecule has 21 heavy (non-hydrogen) atoms. The Morgan fingerprint density at radius 3 is 2.57 bits per heavy atom. The van der Waals surface area contributed by atoms with Gasteiger partial charge in [-0.05, 0) is 38.5 Å². The largest absolute Gasteiger partial charge is 0.363 e. The molecule has 0 saturated heterocycles. The summed E-state index contributed by atoms with van der Waals surface area (Å²) in [6.45, 7) is 6.10. The molecule has 0 aliphatic heterocycles. The summed E-state index contributed by atoms with van der Waals surface area (Å²) in [7, 11) is 3.99. The molecular formula is C16H19N5. The molecule has 0 saturated carbocycles. The first-order valence-electron chi connectivity index (χ1n) is 6.94. The van der Waals surface area contributed by atoms with Crippen molar-refractivity contribution in [3.05, 3.63) is 41.5 Å². The Balaban J connectivity index is 2.25. The first kappa shape index (κ1) is 13.5. The van der Waals surface area contributed by atoms with E-state index in [9.17, 15) is 0 Å². The molecule has 0 aliphatic carbocycles. The number of aryl methyl sites for hydroxylation is 3. The molecule has 3 aromatic rings. The summed E-state index contributed by atoms with van der Waals surface area (Å²) < 4.78 is 1.83. The van der Waals surface area contributed by atoms with Crippen LogP contribution in [0.5, 0.6) is 0 Å². The van der Waals surface area contributed by atoms with Gasteiger partial charge in [0, 0.05) is 37.7 Å². The van der Waals surface area contributed by atoms with Crippen LogP contribution in [0.25, 0.3) is 16.8 Å². The van der Waals surface area contributed by atoms with Crippen LogP contribution in [0.3, 0.4) is 0 Å². The van der Waals surface area contributed by atoms with Crippen molar-refractivity contribution in [3.8, 4) is 11.1 Å². The van der Waals surface area contributed by atoms with E-state index in [2.05, 4.69) is 28.1 Å². The summed E-state index contributed by atoms with van der Waals surface area (Å²) in [6.07, 6.45) is 3.86.